The third-order valence-corrected chi connectivity index (χ3v) is 2.50. The highest BCUT2D eigenvalue weighted by molar-refractivity contribution is 5.79. The van der Waals surface area contributed by atoms with E-state index in [4.69, 9.17) is 4.74 Å². The smallest absolute Gasteiger partial charge is 0.422 e. The van der Waals surface area contributed by atoms with Crippen LogP contribution in [-0.4, -0.2) is 31.9 Å². The van der Waals surface area contributed by atoms with Crippen LogP contribution in [0.1, 0.15) is 13.3 Å². The number of rotatable bonds is 6. The van der Waals surface area contributed by atoms with Crippen LogP contribution in [0.5, 0.6) is 5.75 Å². The number of anilines is 1. The van der Waals surface area contributed by atoms with Gasteiger partial charge >= 0.3 is 12.1 Å². The second-order valence-electron chi connectivity index (χ2n) is 4.03. The van der Waals surface area contributed by atoms with E-state index in [2.05, 4.69) is 10.1 Å². The number of halogens is 3. The number of carbonyl (C=O) groups is 1. The molecule has 7 heteroatoms. The Labute approximate surface area is 114 Å². The third-order valence-electron chi connectivity index (χ3n) is 2.50. The van der Waals surface area contributed by atoms with Gasteiger partial charge in [-0.15, -0.1) is 0 Å². The van der Waals surface area contributed by atoms with Gasteiger partial charge in [0.1, 0.15) is 11.8 Å². The van der Waals surface area contributed by atoms with Crippen molar-refractivity contribution in [3.05, 3.63) is 24.3 Å². The maximum atomic E-state index is 12.2. The van der Waals surface area contributed by atoms with E-state index >= 15 is 0 Å². The van der Waals surface area contributed by atoms with E-state index in [0.717, 1.165) is 0 Å². The summed E-state index contributed by atoms with van der Waals surface area (Å²) in [6, 6.07) is 5.48. The summed E-state index contributed by atoms with van der Waals surface area (Å²) >= 11 is 0. The largest absolute Gasteiger partial charge is 0.482 e. The molecule has 0 fully saturated rings. The van der Waals surface area contributed by atoms with Gasteiger partial charge in [-0.1, -0.05) is 19.1 Å². The Morgan fingerprint density at radius 3 is 2.55 bits per heavy atom. The lowest BCUT2D eigenvalue weighted by atomic mass is 10.2. The van der Waals surface area contributed by atoms with E-state index in [9.17, 15) is 18.0 Å². The third kappa shape index (κ3) is 4.99. The lowest BCUT2D eigenvalue weighted by molar-refractivity contribution is -0.153. The maximum absolute atomic E-state index is 12.2. The van der Waals surface area contributed by atoms with E-state index < -0.39 is 24.8 Å². The average molecular weight is 291 g/mol. The van der Waals surface area contributed by atoms with Gasteiger partial charge < -0.3 is 14.8 Å². The summed E-state index contributed by atoms with van der Waals surface area (Å²) in [6.45, 7) is 0.370. The Balaban J connectivity index is 2.81. The second-order valence-corrected chi connectivity index (χ2v) is 4.03. The van der Waals surface area contributed by atoms with Crippen molar-refractivity contribution in [2.24, 2.45) is 0 Å². The SMILES string of the molecule is CCC(Nc1ccccc1OCC(F)(F)F)C(=O)OC. The van der Waals surface area contributed by atoms with Gasteiger partial charge in [0.2, 0.25) is 0 Å². The zero-order valence-electron chi connectivity index (χ0n) is 11.2. The molecule has 1 rings (SSSR count). The molecule has 4 nitrogen and oxygen atoms in total. The van der Waals surface area contributed by atoms with Gasteiger partial charge in [-0.2, -0.15) is 13.2 Å². The van der Waals surface area contributed by atoms with E-state index in [0.29, 0.717) is 12.1 Å². The summed E-state index contributed by atoms with van der Waals surface area (Å²) in [6.07, 6.45) is -3.99. The zero-order valence-corrected chi connectivity index (χ0v) is 11.2. The van der Waals surface area contributed by atoms with Crippen LogP contribution in [0.3, 0.4) is 0 Å². The van der Waals surface area contributed by atoms with Crippen molar-refractivity contribution in [2.75, 3.05) is 19.0 Å². The molecule has 0 spiro atoms. The predicted molar refractivity (Wildman–Crippen MR) is 67.7 cm³/mol. The van der Waals surface area contributed by atoms with Crippen molar-refractivity contribution in [1.29, 1.82) is 0 Å². The first kappa shape index (κ1) is 16.1. The van der Waals surface area contributed by atoms with Crippen molar-refractivity contribution in [3.8, 4) is 5.75 Å². The molecule has 1 N–H and O–H groups in total. The quantitative estimate of drug-likeness (QED) is 0.819. The highest BCUT2D eigenvalue weighted by atomic mass is 19.4. The number of nitrogens with one attached hydrogen (secondary N) is 1. The molecule has 0 saturated carbocycles. The van der Waals surface area contributed by atoms with Crippen LogP contribution in [0.2, 0.25) is 0 Å². The number of esters is 1. The minimum absolute atomic E-state index is 0.0344. The first-order chi connectivity index (χ1) is 9.37. The fourth-order valence-electron chi connectivity index (χ4n) is 1.53. The number of ether oxygens (including phenoxy) is 2. The number of methoxy groups -OCH3 is 1. The minimum Gasteiger partial charge on any atom is -0.482 e. The lowest BCUT2D eigenvalue weighted by Gasteiger charge is -2.19. The van der Waals surface area contributed by atoms with Gasteiger partial charge in [0.05, 0.1) is 12.8 Å². The molecule has 1 aromatic rings. The Morgan fingerprint density at radius 1 is 1.35 bits per heavy atom. The molecule has 1 aromatic carbocycles. The summed E-state index contributed by atoms with van der Waals surface area (Å²) in [4.78, 5) is 11.5. The van der Waals surface area contributed by atoms with Gasteiger partial charge in [-0.25, -0.2) is 4.79 Å². The summed E-state index contributed by atoms with van der Waals surface area (Å²) in [5, 5.41) is 2.82. The van der Waals surface area contributed by atoms with Crippen LogP contribution in [-0.2, 0) is 9.53 Å². The molecule has 112 valence electrons. The Morgan fingerprint density at radius 2 is 2.00 bits per heavy atom. The monoisotopic (exact) mass is 291 g/mol. The Kier molecular flexibility index (Phi) is 5.66. The number of hydrogen-bond donors (Lipinski definition) is 1. The number of alkyl halides is 3. The lowest BCUT2D eigenvalue weighted by Crippen LogP contribution is -2.30. The van der Waals surface area contributed by atoms with Crippen molar-refractivity contribution >= 4 is 11.7 Å². The molecule has 0 bridgehead atoms. The fourth-order valence-corrected chi connectivity index (χ4v) is 1.53. The molecular weight excluding hydrogens is 275 g/mol. The zero-order chi connectivity index (χ0) is 15.2. The molecule has 0 heterocycles. The molecule has 1 atom stereocenters. The molecular formula is C13H16F3NO3. The van der Waals surface area contributed by atoms with Crippen molar-refractivity contribution in [2.45, 2.75) is 25.6 Å². The molecule has 0 radical (unpaired) electrons. The molecule has 0 saturated heterocycles. The average Bonchev–Trinajstić information content (AvgIpc) is 2.41. The van der Waals surface area contributed by atoms with Crippen LogP contribution in [0.25, 0.3) is 0 Å². The topological polar surface area (TPSA) is 47.6 Å². The van der Waals surface area contributed by atoms with E-state index in [-0.39, 0.29) is 5.75 Å². The molecule has 1 unspecified atom stereocenters. The normalized spacial score (nSPS) is 12.7. The Hall–Kier alpha value is -1.92. The predicted octanol–water partition coefficient (Wildman–Crippen LogP) is 2.99. The standard InChI is InChI=1S/C13H16F3NO3/c1-3-9(12(18)19-2)17-10-6-4-5-7-11(10)20-8-13(14,15)16/h4-7,9,17H,3,8H2,1-2H3. The van der Waals surface area contributed by atoms with Crippen LogP contribution >= 0.6 is 0 Å². The van der Waals surface area contributed by atoms with Crippen LogP contribution in [0.15, 0.2) is 24.3 Å². The van der Waals surface area contributed by atoms with Gasteiger partial charge in [-0.3, -0.25) is 0 Å². The highest BCUT2D eigenvalue weighted by Gasteiger charge is 2.29. The highest BCUT2D eigenvalue weighted by Crippen LogP contribution is 2.27. The van der Waals surface area contributed by atoms with E-state index in [1.165, 1.54) is 19.2 Å². The first-order valence-corrected chi connectivity index (χ1v) is 6.00. The van der Waals surface area contributed by atoms with Crippen LogP contribution in [0.4, 0.5) is 18.9 Å². The molecule has 20 heavy (non-hydrogen) atoms. The molecule has 0 aliphatic carbocycles. The van der Waals surface area contributed by atoms with Gasteiger partial charge in [0, 0.05) is 0 Å². The molecule has 0 aliphatic rings. The van der Waals surface area contributed by atoms with Crippen molar-refractivity contribution in [3.63, 3.8) is 0 Å². The van der Waals surface area contributed by atoms with Crippen LogP contribution < -0.4 is 10.1 Å². The van der Waals surface area contributed by atoms with Crippen LogP contribution in [0, 0.1) is 0 Å². The summed E-state index contributed by atoms with van der Waals surface area (Å²) in [5.74, 6) is -0.453. The van der Waals surface area contributed by atoms with Crippen molar-refractivity contribution < 1.29 is 27.4 Å². The molecule has 0 amide bonds. The van der Waals surface area contributed by atoms with Gasteiger partial charge in [-0.05, 0) is 18.6 Å². The fraction of sp³-hybridized carbons (Fsp3) is 0.462. The van der Waals surface area contributed by atoms with Gasteiger partial charge in [0.25, 0.3) is 0 Å². The number of hydrogen-bond acceptors (Lipinski definition) is 4. The summed E-state index contributed by atoms with van der Waals surface area (Å²) in [5.41, 5.74) is 0.314. The number of carbonyl (C=O) groups excluding carboxylic acids is 1. The second kappa shape index (κ2) is 7.02. The summed E-state index contributed by atoms with van der Waals surface area (Å²) < 4.78 is 45.8. The van der Waals surface area contributed by atoms with E-state index in [1.54, 1.807) is 19.1 Å². The molecule has 0 aliphatic heterocycles. The maximum Gasteiger partial charge on any atom is 0.422 e. The summed E-state index contributed by atoms with van der Waals surface area (Å²) in [7, 11) is 1.25. The Bertz CT molecular complexity index is 449. The van der Waals surface area contributed by atoms with E-state index in [1.807, 2.05) is 0 Å². The number of para-hydroxylation sites is 2. The first-order valence-electron chi connectivity index (χ1n) is 6.00. The van der Waals surface area contributed by atoms with Gasteiger partial charge in [0.15, 0.2) is 6.61 Å². The number of benzene rings is 1. The van der Waals surface area contributed by atoms with Crippen molar-refractivity contribution in [1.82, 2.24) is 0 Å². The minimum atomic E-state index is -4.42. The molecule has 0 aromatic heterocycles.